The summed E-state index contributed by atoms with van der Waals surface area (Å²) in [4.78, 5) is 5.25. The van der Waals surface area contributed by atoms with Crippen LogP contribution >= 0.6 is 23.5 Å². The second-order valence-corrected chi connectivity index (χ2v) is 6.21. The van der Waals surface area contributed by atoms with Gasteiger partial charge in [-0.1, -0.05) is 5.16 Å². The lowest BCUT2D eigenvalue weighted by Crippen LogP contribution is -2.11. The minimum absolute atomic E-state index is 0.209. The molecule has 2 aromatic rings. The molecule has 0 bridgehead atoms. The average molecular weight is 313 g/mol. The Morgan fingerprint density at radius 1 is 1.35 bits per heavy atom. The smallest absolute Gasteiger partial charge is 0.243 e. The maximum Gasteiger partial charge on any atom is 0.243 e. The molecular weight excluding hydrogens is 297 g/mol. The lowest BCUT2D eigenvalue weighted by Gasteiger charge is -2.03. The van der Waals surface area contributed by atoms with Crippen LogP contribution in [0.2, 0.25) is 0 Å². The maximum absolute atomic E-state index is 12.8. The first-order chi connectivity index (χ1) is 9.69. The minimum atomic E-state index is -0.240. The highest BCUT2D eigenvalue weighted by molar-refractivity contribution is 7.98. The van der Waals surface area contributed by atoms with Gasteiger partial charge in [-0.05, 0) is 42.7 Å². The van der Waals surface area contributed by atoms with Crippen molar-refractivity contribution in [3.63, 3.8) is 0 Å². The van der Waals surface area contributed by atoms with Gasteiger partial charge in [-0.15, -0.1) is 11.8 Å². The van der Waals surface area contributed by atoms with Gasteiger partial charge in [-0.3, -0.25) is 0 Å². The van der Waals surface area contributed by atoms with Gasteiger partial charge in [0.25, 0.3) is 0 Å². The van der Waals surface area contributed by atoms with Gasteiger partial charge >= 0.3 is 0 Å². The normalized spacial score (nSPS) is 12.6. The Bertz CT molecular complexity index is 533. The van der Waals surface area contributed by atoms with E-state index < -0.39 is 0 Å². The summed E-state index contributed by atoms with van der Waals surface area (Å²) in [5.74, 6) is 2.38. The predicted octanol–water partition coefficient (Wildman–Crippen LogP) is 3.25. The van der Waals surface area contributed by atoms with Crippen LogP contribution in [-0.2, 0) is 5.75 Å². The van der Waals surface area contributed by atoms with Crippen molar-refractivity contribution in [1.29, 1.82) is 0 Å². The van der Waals surface area contributed by atoms with E-state index in [-0.39, 0.29) is 11.9 Å². The number of halogens is 1. The minimum Gasteiger partial charge on any atom is -0.338 e. The fourth-order valence-corrected chi connectivity index (χ4v) is 2.75. The third kappa shape index (κ3) is 4.50. The second kappa shape index (κ2) is 7.66. The standard InChI is InChI=1S/C13H16FN3OS2/c1-19-7-6-11(15)13-16-12(17-18-13)8-20-10-4-2-9(14)3-5-10/h2-5,11H,6-8,15H2,1H3/t11-/m1/s1. The molecule has 7 heteroatoms. The molecule has 0 aliphatic heterocycles. The van der Waals surface area contributed by atoms with Crippen molar-refractivity contribution in [1.82, 2.24) is 10.1 Å². The average Bonchev–Trinajstić information content (AvgIpc) is 2.93. The van der Waals surface area contributed by atoms with Crippen LogP contribution in [0.25, 0.3) is 0 Å². The van der Waals surface area contributed by atoms with E-state index in [0.29, 0.717) is 17.5 Å². The van der Waals surface area contributed by atoms with E-state index >= 15 is 0 Å². The van der Waals surface area contributed by atoms with Crippen molar-refractivity contribution in [2.24, 2.45) is 5.73 Å². The van der Waals surface area contributed by atoms with E-state index in [4.69, 9.17) is 10.3 Å². The third-order valence-electron chi connectivity index (χ3n) is 2.62. The zero-order valence-corrected chi connectivity index (χ0v) is 12.7. The van der Waals surface area contributed by atoms with Crippen molar-refractivity contribution in [3.05, 3.63) is 41.8 Å². The Morgan fingerprint density at radius 2 is 2.10 bits per heavy atom. The van der Waals surface area contributed by atoms with Crippen LogP contribution in [-0.4, -0.2) is 22.1 Å². The lowest BCUT2D eigenvalue weighted by atomic mass is 10.2. The molecule has 2 rings (SSSR count). The van der Waals surface area contributed by atoms with Crippen LogP contribution in [0.3, 0.4) is 0 Å². The van der Waals surface area contributed by atoms with Crippen LogP contribution in [0.1, 0.15) is 24.2 Å². The summed E-state index contributed by atoms with van der Waals surface area (Å²) in [5.41, 5.74) is 5.96. The molecule has 0 saturated heterocycles. The summed E-state index contributed by atoms with van der Waals surface area (Å²) in [5, 5.41) is 3.91. The Morgan fingerprint density at radius 3 is 2.80 bits per heavy atom. The van der Waals surface area contributed by atoms with Crippen LogP contribution < -0.4 is 5.73 Å². The quantitative estimate of drug-likeness (QED) is 0.792. The monoisotopic (exact) mass is 313 g/mol. The highest BCUT2D eigenvalue weighted by Crippen LogP contribution is 2.22. The van der Waals surface area contributed by atoms with E-state index in [1.807, 2.05) is 6.26 Å². The Balaban J connectivity index is 1.87. The number of aromatic nitrogens is 2. The highest BCUT2D eigenvalue weighted by Gasteiger charge is 2.14. The first kappa shape index (κ1) is 15.3. The van der Waals surface area contributed by atoms with Crippen molar-refractivity contribution >= 4 is 23.5 Å². The van der Waals surface area contributed by atoms with Crippen LogP contribution in [0.5, 0.6) is 0 Å². The number of nitrogens with zero attached hydrogens (tertiary/aromatic N) is 2. The summed E-state index contributed by atoms with van der Waals surface area (Å²) in [6.45, 7) is 0. The Labute approximate surface area is 125 Å². The van der Waals surface area contributed by atoms with Gasteiger partial charge < -0.3 is 10.3 Å². The van der Waals surface area contributed by atoms with E-state index in [2.05, 4.69) is 10.1 Å². The van der Waals surface area contributed by atoms with Gasteiger partial charge in [0.2, 0.25) is 5.89 Å². The number of rotatable bonds is 7. The van der Waals surface area contributed by atoms with Gasteiger partial charge in [0.1, 0.15) is 5.82 Å². The molecule has 0 spiro atoms. The molecule has 0 fully saturated rings. The van der Waals surface area contributed by atoms with Gasteiger partial charge in [-0.2, -0.15) is 16.7 Å². The Kier molecular flexibility index (Phi) is 5.87. The second-order valence-electron chi connectivity index (χ2n) is 4.18. The lowest BCUT2D eigenvalue weighted by molar-refractivity contribution is 0.350. The van der Waals surface area contributed by atoms with Crippen molar-refractivity contribution < 1.29 is 8.91 Å². The Hall–Kier alpha value is -1.05. The molecule has 1 atom stereocenters. The van der Waals surface area contributed by atoms with Crippen LogP contribution in [0, 0.1) is 5.82 Å². The molecule has 20 heavy (non-hydrogen) atoms. The molecule has 2 N–H and O–H groups in total. The zero-order valence-electron chi connectivity index (χ0n) is 11.1. The van der Waals surface area contributed by atoms with Gasteiger partial charge in [0.15, 0.2) is 5.82 Å². The predicted molar refractivity (Wildman–Crippen MR) is 80.2 cm³/mol. The van der Waals surface area contributed by atoms with E-state index in [1.54, 1.807) is 23.9 Å². The summed E-state index contributed by atoms with van der Waals surface area (Å²) in [6, 6.07) is 6.11. The summed E-state index contributed by atoms with van der Waals surface area (Å²) >= 11 is 3.26. The summed E-state index contributed by atoms with van der Waals surface area (Å²) in [6.07, 6.45) is 2.85. The zero-order chi connectivity index (χ0) is 14.4. The SMILES string of the molecule is CSCC[C@@H](N)c1nc(CSc2ccc(F)cc2)no1. The number of hydrogen-bond acceptors (Lipinski definition) is 6. The van der Waals surface area contributed by atoms with E-state index in [1.165, 1.54) is 23.9 Å². The maximum atomic E-state index is 12.8. The van der Waals surface area contributed by atoms with Crippen LogP contribution in [0.4, 0.5) is 4.39 Å². The van der Waals surface area contributed by atoms with Crippen molar-refractivity contribution in [2.75, 3.05) is 12.0 Å². The first-order valence-corrected chi connectivity index (χ1v) is 8.52. The molecule has 1 aromatic carbocycles. The summed E-state index contributed by atoms with van der Waals surface area (Å²) < 4.78 is 17.9. The summed E-state index contributed by atoms with van der Waals surface area (Å²) in [7, 11) is 0. The molecule has 0 radical (unpaired) electrons. The molecule has 1 heterocycles. The molecule has 4 nitrogen and oxygen atoms in total. The number of nitrogens with two attached hydrogens (primary N) is 1. The van der Waals surface area contributed by atoms with E-state index in [9.17, 15) is 4.39 Å². The molecule has 0 aliphatic rings. The number of benzene rings is 1. The molecule has 0 unspecified atom stereocenters. The van der Waals surface area contributed by atoms with Gasteiger partial charge in [0, 0.05) is 4.90 Å². The van der Waals surface area contributed by atoms with Crippen molar-refractivity contribution in [3.8, 4) is 0 Å². The van der Waals surface area contributed by atoms with Gasteiger partial charge in [0.05, 0.1) is 11.8 Å². The molecule has 0 amide bonds. The highest BCUT2D eigenvalue weighted by atomic mass is 32.2. The molecule has 0 aliphatic carbocycles. The molecule has 108 valence electrons. The van der Waals surface area contributed by atoms with Crippen molar-refractivity contribution in [2.45, 2.75) is 23.1 Å². The number of hydrogen-bond donors (Lipinski definition) is 1. The molecule has 1 aromatic heterocycles. The first-order valence-electron chi connectivity index (χ1n) is 6.14. The molecule has 0 saturated carbocycles. The number of thioether (sulfide) groups is 2. The third-order valence-corrected chi connectivity index (χ3v) is 4.27. The fourth-order valence-electron chi connectivity index (χ4n) is 1.52. The van der Waals surface area contributed by atoms with Crippen LogP contribution in [0.15, 0.2) is 33.7 Å². The fraction of sp³-hybridized carbons (Fsp3) is 0.385. The largest absolute Gasteiger partial charge is 0.338 e. The molecular formula is C13H16FN3OS2. The van der Waals surface area contributed by atoms with E-state index in [0.717, 1.165) is 17.1 Å². The van der Waals surface area contributed by atoms with Gasteiger partial charge in [-0.25, -0.2) is 4.39 Å². The topological polar surface area (TPSA) is 64.9 Å².